The van der Waals surface area contributed by atoms with Gasteiger partial charge in [-0.2, -0.15) is 0 Å². The first-order valence-electron chi connectivity index (χ1n) is 9.64. The fraction of sp³-hybridized carbons (Fsp3) is 0.619. The lowest BCUT2D eigenvalue weighted by Crippen LogP contribution is -2.56. The van der Waals surface area contributed by atoms with Gasteiger partial charge in [0.05, 0.1) is 7.11 Å². The largest absolute Gasteiger partial charge is 0.497 e. The summed E-state index contributed by atoms with van der Waals surface area (Å²) in [6.45, 7) is 0. The third-order valence-electron chi connectivity index (χ3n) is 6.70. The van der Waals surface area contributed by atoms with E-state index >= 15 is 0 Å². The standard InChI is InChI=1S/C21H27NO4/c1-26-17-4-2-3-13(8-17)9-18(19(23)24)22-20(25)21-10-14-5-15(11-21)7-16(6-14)12-21/h2-4,8,14-16,18H,5-7,9-12H2,1H3,(H,22,25)(H,23,24)/t14?,15?,16?,18-,21?/m0/s1. The molecular weight excluding hydrogens is 330 g/mol. The van der Waals surface area contributed by atoms with Crippen molar-refractivity contribution in [1.29, 1.82) is 0 Å². The van der Waals surface area contributed by atoms with E-state index in [-0.39, 0.29) is 17.7 Å². The van der Waals surface area contributed by atoms with E-state index in [1.54, 1.807) is 7.11 Å². The zero-order valence-electron chi connectivity index (χ0n) is 15.2. The molecule has 5 heteroatoms. The van der Waals surface area contributed by atoms with E-state index in [4.69, 9.17) is 4.74 Å². The molecule has 1 aromatic rings. The monoisotopic (exact) mass is 357 g/mol. The van der Waals surface area contributed by atoms with Gasteiger partial charge < -0.3 is 15.2 Å². The van der Waals surface area contributed by atoms with Gasteiger partial charge in [0, 0.05) is 11.8 Å². The number of hydrogen-bond acceptors (Lipinski definition) is 3. The average molecular weight is 357 g/mol. The summed E-state index contributed by atoms with van der Waals surface area (Å²) in [5, 5.41) is 12.5. The summed E-state index contributed by atoms with van der Waals surface area (Å²) >= 11 is 0. The predicted octanol–water partition coefficient (Wildman–Crippen LogP) is 3.02. The van der Waals surface area contributed by atoms with Crippen molar-refractivity contribution < 1.29 is 19.4 Å². The first-order chi connectivity index (χ1) is 12.5. The Balaban J connectivity index is 1.48. The van der Waals surface area contributed by atoms with Crippen molar-refractivity contribution in [2.45, 2.75) is 51.0 Å². The Bertz CT molecular complexity index is 678. The number of carbonyl (C=O) groups is 2. The smallest absolute Gasteiger partial charge is 0.326 e. The van der Waals surface area contributed by atoms with Crippen LogP contribution in [0.3, 0.4) is 0 Å². The van der Waals surface area contributed by atoms with Gasteiger partial charge in [-0.25, -0.2) is 4.79 Å². The molecule has 26 heavy (non-hydrogen) atoms. The van der Waals surface area contributed by atoms with Gasteiger partial charge in [-0.1, -0.05) is 12.1 Å². The Labute approximate surface area is 154 Å². The van der Waals surface area contributed by atoms with Crippen molar-refractivity contribution in [3.05, 3.63) is 29.8 Å². The highest BCUT2D eigenvalue weighted by atomic mass is 16.5. The van der Waals surface area contributed by atoms with E-state index in [1.165, 1.54) is 19.3 Å². The molecule has 4 fully saturated rings. The third kappa shape index (κ3) is 3.19. The molecule has 4 aliphatic carbocycles. The summed E-state index contributed by atoms with van der Waals surface area (Å²) < 4.78 is 5.21. The summed E-state index contributed by atoms with van der Waals surface area (Å²) in [5.74, 6) is 1.66. The van der Waals surface area contributed by atoms with E-state index in [1.807, 2.05) is 24.3 Å². The molecule has 0 heterocycles. The van der Waals surface area contributed by atoms with Gasteiger partial charge in [0.15, 0.2) is 0 Å². The molecule has 5 nitrogen and oxygen atoms in total. The highest BCUT2D eigenvalue weighted by Gasteiger charge is 2.54. The lowest BCUT2D eigenvalue weighted by atomic mass is 9.49. The van der Waals surface area contributed by atoms with Crippen LogP contribution in [0.1, 0.15) is 44.1 Å². The molecule has 140 valence electrons. The Hall–Kier alpha value is -2.04. The summed E-state index contributed by atoms with van der Waals surface area (Å²) in [6, 6.07) is 6.46. The summed E-state index contributed by atoms with van der Waals surface area (Å²) in [7, 11) is 1.59. The van der Waals surface area contributed by atoms with E-state index in [2.05, 4.69) is 5.32 Å². The van der Waals surface area contributed by atoms with Crippen LogP contribution in [0.25, 0.3) is 0 Å². The topological polar surface area (TPSA) is 75.6 Å². The molecule has 1 atom stereocenters. The summed E-state index contributed by atoms with van der Waals surface area (Å²) in [4.78, 5) is 24.9. The number of carboxylic acid groups (broad SMARTS) is 1. The summed E-state index contributed by atoms with van der Waals surface area (Å²) in [6.07, 6.45) is 6.88. The first kappa shape index (κ1) is 17.4. The number of amides is 1. The maximum absolute atomic E-state index is 13.1. The van der Waals surface area contributed by atoms with E-state index < -0.39 is 12.0 Å². The van der Waals surface area contributed by atoms with Crippen molar-refractivity contribution in [2.24, 2.45) is 23.2 Å². The Morgan fingerprint density at radius 2 is 1.81 bits per heavy atom. The quantitative estimate of drug-likeness (QED) is 0.821. The van der Waals surface area contributed by atoms with Crippen LogP contribution in [0.2, 0.25) is 0 Å². The highest BCUT2D eigenvalue weighted by molar-refractivity contribution is 5.88. The van der Waals surface area contributed by atoms with Gasteiger partial charge in [0.2, 0.25) is 5.91 Å². The lowest BCUT2D eigenvalue weighted by molar-refractivity contribution is -0.151. The predicted molar refractivity (Wildman–Crippen MR) is 96.9 cm³/mol. The highest BCUT2D eigenvalue weighted by Crippen LogP contribution is 2.60. The number of carbonyl (C=O) groups excluding carboxylic acids is 1. The van der Waals surface area contributed by atoms with Crippen molar-refractivity contribution in [1.82, 2.24) is 5.32 Å². The van der Waals surface area contributed by atoms with Crippen molar-refractivity contribution in [2.75, 3.05) is 7.11 Å². The van der Waals surface area contributed by atoms with Crippen LogP contribution < -0.4 is 10.1 Å². The second kappa shape index (κ2) is 6.60. The number of rotatable bonds is 6. The van der Waals surface area contributed by atoms with Crippen molar-refractivity contribution in [3.8, 4) is 5.75 Å². The molecule has 0 radical (unpaired) electrons. The number of hydrogen-bond donors (Lipinski definition) is 2. The number of carboxylic acids is 1. The average Bonchev–Trinajstić information content (AvgIpc) is 2.60. The van der Waals surface area contributed by atoms with Crippen LogP contribution in [0, 0.1) is 23.2 Å². The fourth-order valence-electron chi connectivity index (χ4n) is 5.94. The number of benzene rings is 1. The first-order valence-corrected chi connectivity index (χ1v) is 9.64. The minimum Gasteiger partial charge on any atom is -0.497 e. The maximum atomic E-state index is 13.1. The SMILES string of the molecule is COc1cccc(C[C@H](NC(=O)C23CC4CC(CC(C4)C2)C3)C(=O)O)c1. The van der Waals surface area contributed by atoms with Crippen LogP contribution in [0.5, 0.6) is 5.75 Å². The molecule has 0 aromatic heterocycles. The Kier molecular flexibility index (Phi) is 4.41. The Morgan fingerprint density at radius 3 is 2.35 bits per heavy atom. The molecule has 0 spiro atoms. The minimum atomic E-state index is -0.981. The van der Waals surface area contributed by atoms with Crippen LogP contribution in [0.4, 0.5) is 0 Å². The number of methoxy groups -OCH3 is 1. The van der Waals surface area contributed by atoms with Gasteiger partial charge in [0.1, 0.15) is 11.8 Å². The van der Waals surface area contributed by atoms with Gasteiger partial charge >= 0.3 is 5.97 Å². The molecule has 0 unspecified atom stereocenters. The normalized spacial score (nSPS) is 32.9. The molecule has 0 saturated heterocycles. The van der Waals surface area contributed by atoms with Gasteiger partial charge in [-0.05, 0) is 74.0 Å². The van der Waals surface area contributed by atoms with E-state index in [0.29, 0.717) is 23.5 Å². The Morgan fingerprint density at radius 1 is 1.19 bits per heavy atom. The lowest BCUT2D eigenvalue weighted by Gasteiger charge is -2.55. The molecule has 1 amide bonds. The molecule has 5 rings (SSSR count). The van der Waals surface area contributed by atoms with E-state index in [9.17, 15) is 14.7 Å². The second-order valence-electron chi connectivity index (χ2n) is 8.62. The van der Waals surface area contributed by atoms with Crippen LogP contribution in [0.15, 0.2) is 24.3 Å². The van der Waals surface area contributed by atoms with E-state index in [0.717, 1.165) is 24.8 Å². The number of ether oxygens (including phenoxy) is 1. The minimum absolute atomic E-state index is 0.0353. The molecule has 4 saturated carbocycles. The molecule has 2 N–H and O–H groups in total. The van der Waals surface area contributed by atoms with Crippen molar-refractivity contribution >= 4 is 11.9 Å². The zero-order chi connectivity index (χ0) is 18.3. The fourth-order valence-corrected chi connectivity index (χ4v) is 5.94. The van der Waals surface area contributed by atoms with Crippen molar-refractivity contribution in [3.63, 3.8) is 0 Å². The van der Waals surface area contributed by atoms with Gasteiger partial charge in [0.25, 0.3) is 0 Å². The molecule has 0 aliphatic heterocycles. The van der Waals surface area contributed by atoms with Crippen LogP contribution in [-0.2, 0) is 16.0 Å². The maximum Gasteiger partial charge on any atom is 0.326 e. The molecular formula is C21H27NO4. The van der Waals surface area contributed by atoms with Crippen LogP contribution in [-0.4, -0.2) is 30.1 Å². The van der Waals surface area contributed by atoms with Crippen LogP contribution >= 0.6 is 0 Å². The second-order valence-corrected chi connectivity index (χ2v) is 8.62. The summed E-state index contributed by atoms with van der Waals surface area (Å²) in [5.41, 5.74) is 0.527. The van der Waals surface area contributed by atoms with Gasteiger partial charge in [-0.3, -0.25) is 4.79 Å². The zero-order valence-corrected chi connectivity index (χ0v) is 15.2. The molecule has 4 aliphatic rings. The number of aliphatic carboxylic acids is 1. The third-order valence-corrected chi connectivity index (χ3v) is 6.70. The number of nitrogens with one attached hydrogen (secondary N) is 1. The molecule has 1 aromatic carbocycles. The van der Waals surface area contributed by atoms with Gasteiger partial charge in [-0.15, -0.1) is 0 Å². The molecule has 4 bridgehead atoms.